The second kappa shape index (κ2) is 7.40. The van der Waals surface area contributed by atoms with Crippen molar-refractivity contribution >= 4 is 11.5 Å². The van der Waals surface area contributed by atoms with Crippen LogP contribution in [-0.2, 0) is 6.54 Å². The van der Waals surface area contributed by atoms with Crippen LogP contribution < -0.4 is 5.32 Å². The molecule has 1 aromatic heterocycles. The van der Waals surface area contributed by atoms with Gasteiger partial charge in [-0.3, -0.25) is 10.1 Å². The lowest BCUT2D eigenvalue weighted by Gasteiger charge is -2.26. The summed E-state index contributed by atoms with van der Waals surface area (Å²) in [6.45, 7) is 8.35. The van der Waals surface area contributed by atoms with E-state index < -0.39 is 0 Å². The predicted molar refractivity (Wildman–Crippen MR) is 82.7 cm³/mol. The molecule has 0 saturated carbocycles. The maximum atomic E-state index is 11.2. The van der Waals surface area contributed by atoms with Crippen molar-refractivity contribution in [1.82, 2.24) is 14.7 Å². The van der Waals surface area contributed by atoms with Crippen LogP contribution in [0.3, 0.4) is 0 Å². The molecule has 1 aliphatic rings. The van der Waals surface area contributed by atoms with E-state index in [4.69, 9.17) is 0 Å². The molecule has 0 aromatic carbocycles. The summed E-state index contributed by atoms with van der Waals surface area (Å²) in [5, 5.41) is 18.7. The third kappa shape index (κ3) is 3.93. The highest BCUT2D eigenvalue weighted by Crippen LogP contribution is 2.28. The minimum absolute atomic E-state index is 0.113. The number of rotatable bonds is 7. The molecule has 0 aliphatic carbocycles. The number of likely N-dealkylation sites (tertiary alicyclic amines) is 1. The Morgan fingerprint density at radius 2 is 2.00 bits per heavy atom. The number of nitro groups is 1. The Kier molecular flexibility index (Phi) is 5.55. The van der Waals surface area contributed by atoms with Gasteiger partial charge in [0.2, 0.25) is 5.82 Å². The molecule has 1 saturated heterocycles. The molecule has 1 N–H and O–H groups in total. The van der Waals surface area contributed by atoms with Gasteiger partial charge in [-0.05, 0) is 39.3 Å². The standard InChI is InChI=1S/C14H25N5O2/c1-3-8-18-14(13(19(20)21)12(2)16-18)15-7-11-17-9-5-4-6-10-17/h15H,3-11H2,1-2H3. The van der Waals surface area contributed by atoms with Gasteiger partial charge >= 0.3 is 5.69 Å². The first-order valence-electron chi connectivity index (χ1n) is 7.81. The molecule has 0 atom stereocenters. The van der Waals surface area contributed by atoms with Gasteiger partial charge in [0.25, 0.3) is 0 Å². The topological polar surface area (TPSA) is 76.2 Å². The van der Waals surface area contributed by atoms with Gasteiger partial charge in [-0.15, -0.1) is 0 Å². The molecule has 0 spiro atoms. The van der Waals surface area contributed by atoms with E-state index in [9.17, 15) is 10.1 Å². The minimum atomic E-state index is -0.336. The fourth-order valence-electron chi connectivity index (χ4n) is 2.85. The lowest BCUT2D eigenvalue weighted by Crippen LogP contribution is -2.34. The molecule has 2 heterocycles. The largest absolute Gasteiger partial charge is 0.363 e. The van der Waals surface area contributed by atoms with Gasteiger partial charge in [0.1, 0.15) is 5.69 Å². The average molecular weight is 295 g/mol. The molecule has 7 nitrogen and oxygen atoms in total. The van der Waals surface area contributed by atoms with Crippen LogP contribution in [0, 0.1) is 17.0 Å². The van der Waals surface area contributed by atoms with Crippen LogP contribution in [0.4, 0.5) is 11.5 Å². The Morgan fingerprint density at radius 1 is 1.29 bits per heavy atom. The van der Waals surface area contributed by atoms with Crippen molar-refractivity contribution in [2.45, 2.75) is 46.1 Å². The highest BCUT2D eigenvalue weighted by atomic mass is 16.6. The third-order valence-electron chi connectivity index (χ3n) is 3.88. The van der Waals surface area contributed by atoms with E-state index in [-0.39, 0.29) is 10.6 Å². The number of nitrogens with one attached hydrogen (secondary N) is 1. The summed E-state index contributed by atoms with van der Waals surface area (Å²) < 4.78 is 1.73. The van der Waals surface area contributed by atoms with Gasteiger partial charge in [-0.1, -0.05) is 13.3 Å². The normalized spacial score (nSPS) is 16.1. The van der Waals surface area contributed by atoms with Gasteiger partial charge in [-0.2, -0.15) is 5.10 Å². The first-order valence-corrected chi connectivity index (χ1v) is 7.81. The number of hydrogen-bond acceptors (Lipinski definition) is 5. The summed E-state index contributed by atoms with van der Waals surface area (Å²) in [6.07, 6.45) is 4.73. The van der Waals surface area contributed by atoms with Crippen LogP contribution in [0.15, 0.2) is 0 Å². The molecule has 21 heavy (non-hydrogen) atoms. The molecule has 1 fully saturated rings. The van der Waals surface area contributed by atoms with Crippen molar-refractivity contribution in [2.75, 3.05) is 31.5 Å². The van der Waals surface area contributed by atoms with E-state index in [0.717, 1.165) is 32.6 Å². The highest BCUT2D eigenvalue weighted by molar-refractivity contribution is 5.59. The van der Waals surface area contributed by atoms with Gasteiger partial charge in [0.15, 0.2) is 0 Å². The van der Waals surface area contributed by atoms with Crippen molar-refractivity contribution in [2.24, 2.45) is 0 Å². The lowest BCUT2D eigenvalue weighted by molar-refractivity contribution is -0.384. The molecule has 1 aromatic rings. The average Bonchev–Trinajstić information content (AvgIpc) is 2.76. The Morgan fingerprint density at radius 3 is 2.62 bits per heavy atom. The summed E-state index contributed by atoms with van der Waals surface area (Å²) in [5.41, 5.74) is 0.594. The molecular formula is C14H25N5O2. The zero-order valence-electron chi connectivity index (χ0n) is 13.0. The number of aromatic nitrogens is 2. The van der Waals surface area contributed by atoms with Crippen molar-refractivity contribution in [3.05, 3.63) is 15.8 Å². The first-order chi connectivity index (χ1) is 10.1. The summed E-state index contributed by atoms with van der Waals surface area (Å²) in [6, 6.07) is 0. The van der Waals surface area contributed by atoms with Crippen molar-refractivity contribution in [3.8, 4) is 0 Å². The van der Waals surface area contributed by atoms with Crippen LogP contribution in [0.2, 0.25) is 0 Å². The molecule has 2 rings (SSSR count). The molecule has 0 radical (unpaired) electrons. The zero-order chi connectivity index (χ0) is 15.2. The van der Waals surface area contributed by atoms with Crippen molar-refractivity contribution < 1.29 is 4.92 Å². The molecule has 118 valence electrons. The first kappa shape index (κ1) is 15.8. The quantitative estimate of drug-likeness (QED) is 0.617. The van der Waals surface area contributed by atoms with Gasteiger partial charge in [0, 0.05) is 19.6 Å². The van der Waals surface area contributed by atoms with Crippen molar-refractivity contribution in [3.63, 3.8) is 0 Å². The maximum absolute atomic E-state index is 11.2. The second-order valence-corrected chi connectivity index (χ2v) is 5.59. The zero-order valence-corrected chi connectivity index (χ0v) is 13.0. The van der Waals surface area contributed by atoms with Crippen molar-refractivity contribution in [1.29, 1.82) is 0 Å². The number of piperidine rings is 1. The Balaban J connectivity index is 2.01. The lowest BCUT2D eigenvalue weighted by atomic mass is 10.1. The van der Waals surface area contributed by atoms with Crippen LogP contribution in [0.1, 0.15) is 38.3 Å². The van der Waals surface area contributed by atoms with E-state index in [1.54, 1.807) is 11.6 Å². The fraction of sp³-hybridized carbons (Fsp3) is 0.786. The molecular weight excluding hydrogens is 270 g/mol. The molecule has 7 heteroatoms. The predicted octanol–water partition coefficient (Wildman–Crippen LogP) is 2.41. The second-order valence-electron chi connectivity index (χ2n) is 5.59. The summed E-state index contributed by atoms with van der Waals surface area (Å²) in [4.78, 5) is 13.3. The van der Waals surface area contributed by atoms with Gasteiger partial charge < -0.3 is 10.2 Å². The molecule has 0 bridgehead atoms. The van der Waals surface area contributed by atoms with Gasteiger partial charge in [-0.25, -0.2) is 4.68 Å². The summed E-state index contributed by atoms with van der Waals surface area (Å²) >= 11 is 0. The van der Waals surface area contributed by atoms with Gasteiger partial charge in [0.05, 0.1) is 4.92 Å². The molecule has 1 aliphatic heterocycles. The van der Waals surface area contributed by atoms with Crippen LogP contribution in [-0.4, -0.2) is 45.8 Å². The number of anilines is 1. The monoisotopic (exact) mass is 295 g/mol. The fourth-order valence-corrected chi connectivity index (χ4v) is 2.85. The Labute approximate surface area is 125 Å². The number of aryl methyl sites for hydroxylation is 2. The minimum Gasteiger partial charge on any atom is -0.363 e. The maximum Gasteiger partial charge on any atom is 0.333 e. The SMILES string of the molecule is CCCn1nc(C)c([N+](=O)[O-])c1NCCN1CCCCC1. The molecule has 0 amide bonds. The summed E-state index contributed by atoms with van der Waals surface area (Å²) in [7, 11) is 0. The van der Waals surface area contributed by atoms with E-state index in [1.807, 2.05) is 6.92 Å². The highest BCUT2D eigenvalue weighted by Gasteiger charge is 2.24. The van der Waals surface area contributed by atoms with Crippen LogP contribution in [0.5, 0.6) is 0 Å². The van der Waals surface area contributed by atoms with Crippen LogP contribution in [0.25, 0.3) is 0 Å². The summed E-state index contributed by atoms with van der Waals surface area (Å²) in [5.74, 6) is 0.552. The Hall–Kier alpha value is -1.63. The Bertz CT molecular complexity index is 480. The number of nitrogens with zero attached hydrogens (tertiary/aromatic N) is 4. The smallest absolute Gasteiger partial charge is 0.333 e. The van der Waals surface area contributed by atoms with E-state index >= 15 is 0 Å². The van der Waals surface area contributed by atoms with Crippen LogP contribution >= 0.6 is 0 Å². The molecule has 0 unspecified atom stereocenters. The third-order valence-corrected chi connectivity index (χ3v) is 3.88. The van der Waals surface area contributed by atoms with E-state index in [2.05, 4.69) is 15.3 Å². The van der Waals surface area contributed by atoms with E-state index in [1.165, 1.54) is 19.3 Å². The van der Waals surface area contributed by atoms with E-state index in [0.29, 0.717) is 18.1 Å². The number of hydrogen-bond donors (Lipinski definition) is 1.